The highest BCUT2D eigenvalue weighted by Crippen LogP contribution is 2.34. The highest BCUT2D eigenvalue weighted by Gasteiger charge is 2.22. The number of aromatic nitrogens is 2. The quantitative estimate of drug-likeness (QED) is 0.262. The van der Waals surface area contributed by atoms with Gasteiger partial charge in [-0.25, -0.2) is 4.98 Å². The van der Waals surface area contributed by atoms with Gasteiger partial charge in [0, 0.05) is 12.8 Å². The van der Waals surface area contributed by atoms with E-state index in [0.717, 1.165) is 25.7 Å². The highest BCUT2D eigenvalue weighted by atomic mass is 79.9. The van der Waals surface area contributed by atoms with Gasteiger partial charge in [-0.2, -0.15) is 9.78 Å². The van der Waals surface area contributed by atoms with Crippen LogP contribution in [0.2, 0.25) is 5.02 Å². The van der Waals surface area contributed by atoms with Gasteiger partial charge in [0.1, 0.15) is 5.82 Å². The molecular weight excluding hydrogens is 482 g/mol. The van der Waals surface area contributed by atoms with E-state index in [9.17, 15) is 9.59 Å². The molecule has 1 aliphatic carbocycles. The highest BCUT2D eigenvalue weighted by molar-refractivity contribution is 9.10. The SMILES string of the molecule is CC(=O)Oc1c(Cl)cc(C=Nn2c(C3CCCCC3)nc3ccccc3c2=O)cc1Br. The Kier molecular flexibility index (Phi) is 6.53. The van der Waals surface area contributed by atoms with Crippen LogP contribution < -0.4 is 10.3 Å². The molecule has 0 bridgehead atoms. The smallest absolute Gasteiger partial charge is 0.308 e. The molecular formula is C23H21BrClN3O3. The first kappa shape index (κ1) is 21.7. The lowest BCUT2D eigenvalue weighted by atomic mass is 9.88. The lowest BCUT2D eigenvalue weighted by Gasteiger charge is -2.22. The van der Waals surface area contributed by atoms with E-state index in [4.69, 9.17) is 21.3 Å². The monoisotopic (exact) mass is 501 g/mol. The second kappa shape index (κ2) is 9.32. The van der Waals surface area contributed by atoms with Crippen molar-refractivity contribution in [3.05, 3.63) is 67.6 Å². The van der Waals surface area contributed by atoms with Crippen LogP contribution in [0.5, 0.6) is 5.75 Å². The summed E-state index contributed by atoms with van der Waals surface area (Å²) >= 11 is 9.65. The van der Waals surface area contributed by atoms with Crippen LogP contribution in [0.4, 0.5) is 0 Å². The van der Waals surface area contributed by atoms with Crippen LogP contribution in [0.15, 0.2) is 50.8 Å². The lowest BCUT2D eigenvalue weighted by Crippen LogP contribution is -2.25. The molecule has 1 fully saturated rings. The number of rotatable bonds is 4. The van der Waals surface area contributed by atoms with Crippen molar-refractivity contribution in [2.24, 2.45) is 5.10 Å². The fraction of sp³-hybridized carbons (Fsp3) is 0.304. The number of benzene rings is 2. The minimum Gasteiger partial charge on any atom is -0.424 e. The summed E-state index contributed by atoms with van der Waals surface area (Å²) in [7, 11) is 0. The van der Waals surface area contributed by atoms with Crippen molar-refractivity contribution in [3.63, 3.8) is 0 Å². The van der Waals surface area contributed by atoms with Gasteiger partial charge >= 0.3 is 5.97 Å². The molecule has 3 aromatic rings. The van der Waals surface area contributed by atoms with Gasteiger partial charge in [-0.3, -0.25) is 9.59 Å². The molecule has 0 saturated heterocycles. The molecule has 0 N–H and O–H groups in total. The van der Waals surface area contributed by atoms with Gasteiger partial charge in [-0.05, 0) is 58.6 Å². The average molecular weight is 503 g/mol. The summed E-state index contributed by atoms with van der Waals surface area (Å²) in [6.45, 7) is 1.31. The fourth-order valence-electron chi connectivity index (χ4n) is 3.90. The molecule has 0 spiro atoms. The Morgan fingerprint density at radius 2 is 2.00 bits per heavy atom. The molecule has 0 atom stereocenters. The predicted molar refractivity (Wildman–Crippen MR) is 125 cm³/mol. The molecule has 0 unspecified atom stereocenters. The van der Waals surface area contributed by atoms with Gasteiger partial charge in [-0.1, -0.05) is 43.0 Å². The molecule has 6 nitrogen and oxygen atoms in total. The average Bonchev–Trinajstić information content (AvgIpc) is 2.76. The zero-order valence-corrected chi connectivity index (χ0v) is 19.3. The number of carbonyl (C=O) groups is 1. The van der Waals surface area contributed by atoms with Crippen molar-refractivity contribution in [2.45, 2.75) is 44.9 Å². The van der Waals surface area contributed by atoms with E-state index in [-0.39, 0.29) is 22.2 Å². The normalized spacial score (nSPS) is 14.9. The van der Waals surface area contributed by atoms with Gasteiger partial charge in [0.15, 0.2) is 5.75 Å². The van der Waals surface area contributed by atoms with E-state index < -0.39 is 5.97 Å². The maximum Gasteiger partial charge on any atom is 0.308 e. The Bertz CT molecular complexity index is 1210. The van der Waals surface area contributed by atoms with Crippen molar-refractivity contribution in [3.8, 4) is 5.75 Å². The van der Waals surface area contributed by atoms with Gasteiger partial charge in [-0.15, -0.1) is 0 Å². The predicted octanol–water partition coefficient (Wildman–Crippen LogP) is 5.67. The Hall–Kier alpha value is -2.51. The van der Waals surface area contributed by atoms with Gasteiger partial charge in [0.25, 0.3) is 5.56 Å². The molecule has 0 aliphatic heterocycles. The molecule has 31 heavy (non-hydrogen) atoms. The van der Waals surface area contributed by atoms with E-state index in [0.29, 0.717) is 26.8 Å². The zero-order chi connectivity index (χ0) is 22.0. The molecule has 1 aliphatic rings. The second-order valence-electron chi connectivity index (χ2n) is 7.59. The fourth-order valence-corrected chi connectivity index (χ4v) is 4.84. The van der Waals surface area contributed by atoms with Gasteiger partial charge in [0.2, 0.25) is 0 Å². The Balaban J connectivity index is 1.78. The summed E-state index contributed by atoms with van der Waals surface area (Å²) in [5, 5.41) is 5.30. The lowest BCUT2D eigenvalue weighted by molar-refractivity contribution is -0.131. The first-order chi connectivity index (χ1) is 14.9. The molecule has 0 radical (unpaired) electrons. The molecule has 1 heterocycles. The standard InChI is InChI=1S/C23H21BrClN3O3/c1-14(29)31-21-18(24)11-15(12-19(21)25)13-26-28-22(16-7-3-2-4-8-16)27-20-10-6-5-9-17(20)23(28)30/h5-6,9-13,16H,2-4,7-8H2,1H3. The first-order valence-corrected chi connectivity index (χ1v) is 11.3. The number of esters is 1. The first-order valence-electron chi connectivity index (χ1n) is 10.2. The summed E-state index contributed by atoms with van der Waals surface area (Å²) in [4.78, 5) is 29.3. The number of nitrogens with zero attached hydrogens (tertiary/aromatic N) is 3. The molecule has 8 heteroatoms. The number of ether oxygens (including phenoxy) is 1. The third-order valence-corrected chi connectivity index (χ3v) is 6.21. The number of halogens is 2. The Morgan fingerprint density at radius 3 is 2.71 bits per heavy atom. The molecule has 160 valence electrons. The minimum atomic E-state index is -0.463. The van der Waals surface area contributed by atoms with Crippen molar-refractivity contribution in [2.75, 3.05) is 0 Å². The van der Waals surface area contributed by atoms with Crippen LogP contribution in [0.3, 0.4) is 0 Å². The van der Waals surface area contributed by atoms with Gasteiger partial charge in [0.05, 0.1) is 26.6 Å². The van der Waals surface area contributed by atoms with Crippen LogP contribution in [0.1, 0.15) is 56.3 Å². The number of fused-ring (bicyclic) bond motifs is 1. The summed E-state index contributed by atoms with van der Waals surface area (Å²) in [6.07, 6.45) is 7.01. The molecule has 1 saturated carbocycles. The Morgan fingerprint density at radius 1 is 1.26 bits per heavy atom. The molecule has 2 aromatic carbocycles. The summed E-state index contributed by atoms with van der Waals surface area (Å²) in [6, 6.07) is 10.7. The third-order valence-electron chi connectivity index (χ3n) is 5.34. The van der Waals surface area contributed by atoms with E-state index in [1.807, 2.05) is 18.2 Å². The number of para-hydroxylation sites is 1. The topological polar surface area (TPSA) is 73.5 Å². The number of hydrogen-bond donors (Lipinski definition) is 0. The van der Waals surface area contributed by atoms with Gasteiger partial charge < -0.3 is 4.74 Å². The van der Waals surface area contributed by atoms with E-state index >= 15 is 0 Å². The largest absolute Gasteiger partial charge is 0.424 e. The maximum absolute atomic E-state index is 13.2. The summed E-state index contributed by atoms with van der Waals surface area (Å²) < 4.78 is 7.07. The summed E-state index contributed by atoms with van der Waals surface area (Å²) in [5.41, 5.74) is 1.16. The van der Waals surface area contributed by atoms with Crippen molar-refractivity contribution >= 4 is 50.6 Å². The second-order valence-corrected chi connectivity index (χ2v) is 8.85. The van der Waals surface area contributed by atoms with Crippen LogP contribution in [0.25, 0.3) is 10.9 Å². The molecule has 1 aromatic heterocycles. The van der Waals surface area contributed by atoms with E-state index in [2.05, 4.69) is 21.0 Å². The molecule has 0 amide bonds. The van der Waals surface area contributed by atoms with Crippen molar-refractivity contribution < 1.29 is 9.53 Å². The van der Waals surface area contributed by atoms with E-state index in [1.165, 1.54) is 18.0 Å². The van der Waals surface area contributed by atoms with Crippen LogP contribution in [0, 0.1) is 0 Å². The van der Waals surface area contributed by atoms with E-state index in [1.54, 1.807) is 24.4 Å². The Labute approximate surface area is 193 Å². The van der Waals surface area contributed by atoms with Crippen molar-refractivity contribution in [1.82, 2.24) is 9.66 Å². The number of hydrogen-bond acceptors (Lipinski definition) is 5. The minimum absolute atomic E-state index is 0.191. The third kappa shape index (κ3) is 4.72. The molecule has 4 rings (SSSR count). The zero-order valence-electron chi connectivity index (χ0n) is 17.0. The van der Waals surface area contributed by atoms with Crippen LogP contribution in [-0.4, -0.2) is 21.8 Å². The summed E-state index contributed by atoms with van der Waals surface area (Å²) in [5.74, 6) is 0.680. The number of carbonyl (C=O) groups excluding carboxylic acids is 1. The van der Waals surface area contributed by atoms with Crippen molar-refractivity contribution in [1.29, 1.82) is 0 Å². The van der Waals surface area contributed by atoms with Crippen LogP contribution >= 0.6 is 27.5 Å². The van der Waals surface area contributed by atoms with Crippen LogP contribution in [-0.2, 0) is 4.79 Å². The maximum atomic E-state index is 13.2.